The van der Waals surface area contributed by atoms with Crippen LogP contribution in [0.1, 0.15) is 20.3 Å². The summed E-state index contributed by atoms with van der Waals surface area (Å²) in [5, 5.41) is 11.3. The van der Waals surface area contributed by atoms with Crippen molar-refractivity contribution in [2.45, 2.75) is 32.0 Å². The van der Waals surface area contributed by atoms with Crippen LogP contribution >= 0.6 is 23.1 Å². The van der Waals surface area contributed by atoms with Crippen LogP contribution in [-0.2, 0) is 11.3 Å². The van der Waals surface area contributed by atoms with Crippen molar-refractivity contribution in [3.63, 3.8) is 0 Å². The number of nitrogens with one attached hydrogen (secondary N) is 2. The highest BCUT2D eigenvalue weighted by atomic mass is 32.2. The highest BCUT2D eigenvalue weighted by Gasteiger charge is 2.15. The topological polar surface area (TPSA) is 106 Å². The number of hydrogen-bond donors (Lipinski definition) is 2. The summed E-state index contributed by atoms with van der Waals surface area (Å²) in [7, 11) is 0. The lowest BCUT2D eigenvalue weighted by molar-refractivity contribution is -0.113. The normalized spacial score (nSPS) is 11.3. The lowest BCUT2D eigenvalue weighted by Crippen LogP contribution is -2.24. The van der Waals surface area contributed by atoms with E-state index in [2.05, 4.69) is 39.3 Å². The molecule has 0 spiro atoms. The minimum atomic E-state index is -0.239. The van der Waals surface area contributed by atoms with Gasteiger partial charge in [-0.1, -0.05) is 25.6 Å². The maximum atomic E-state index is 12.7. The van der Waals surface area contributed by atoms with Crippen LogP contribution in [0.2, 0.25) is 0 Å². The first-order chi connectivity index (χ1) is 12.0. The zero-order valence-electron chi connectivity index (χ0n) is 13.9. The number of nitrogens with zero attached hydrogens (tertiary/aromatic N) is 4. The van der Waals surface area contributed by atoms with E-state index < -0.39 is 0 Å². The van der Waals surface area contributed by atoms with Gasteiger partial charge in [0, 0.05) is 6.54 Å². The Hall–Kier alpha value is -2.20. The molecule has 0 aliphatic heterocycles. The van der Waals surface area contributed by atoms with Crippen LogP contribution in [-0.4, -0.2) is 36.4 Å². The van der Waals surface area contributed by atoms with Crippen LogP contribution in [0.15, 0.2) is 27.7 Å². The molecule has 0 unspecified atom stereocenters. The summed E-state index contributed by atoms with van der Waals surface area (Å²) in [6.07, 6.45) is 2.19. The van der Waals surface area contributed by atoms with Crippen molar-refractivity contribution < 1.29 is 4.79 Å². The van der Waals surface area contributed by atoms with Gasteiger partial charge >= 0.3 is 0 Å². The first-order valence-corrected chi connectivity index (χ1v) is 9.67. The van der Waals surface area contributed by atoms with E-state index in [1.54, 1.807) is 4.57 Å². The molecule has 0 radical (unpaired) electrons. The molecule has 25 heavy (non-hydrogen) atoms. The number of carbonyl (C=O) groups is 1. The number of rotatable bonds is 7. The lowest BCUT2D eigenvalue weighted by atomic mass is 10.1. The number of hydrogen-bond acceptors (Lipinski definition) is 7. The molecule has 0 bridgehead atoms. The third-order valence-electron chi connectivity index (χ3n) is 3.47. The Labute approximate surface area is 152 Å². The lowest BCUT2D eigenvalue weighted by Gasteiger charge is -2.13. The molecule has 10 heteroatoms. The molecule has 3 rings (SSSR count). The quantitative estimate of drug-likeness (QED) is 0.483. The van der Waals surface area contributed by atoms with Crippen molar-refractivity contribution in [2.75, 3.05) is 11.1 Å². The number of thiophene rings is 1. The monoisotopic (exact) mass is 378 g/mol. The van der Waals surface area contributed by atoms with Crippen LogP contribution in [0, 0.1) is 5.92 Å². The minimum absolute atomic E-state index is 0.0428. The Balaban J connectivity index is 1.79. The zero-order valence-corrected chi connectivity index (χ0v) is 15.5. The molecule has 0 saturated carbocycles. The van der Waals surface area contributed by atoms with Crippen molar-refractivity contribution in [1.82, 2.24) is 24.7 Å². The third-order valence-corrected chi connectivity index (χ3v) is 5.33. The van der Waals surface area contributed by atoms with Gasteiger partial charge in [-0.15, -0.1) is 11.3 Å². The first kappa shape index (κ1) is 17.6. The standard InChI is InChI=1S/C15H18N6O2S2/c1-9(2)3-5-21-13(23)12-10(4-6-24-12)18-15(21)25-7-11(22)19-14-16-8-17-20-14/h4,6,8-9H,3,5,7H2,1-2H3,(H2,16,17,19,20,22). The molecule has 3 heterocycles. The van der Waals surface area contributed by atoms with E-state index in [1.807, 2.05) is 11.4 Å². The van der Waals surface area contributed by atoms with Gasteiger partial charge < -0.3 is 0 Å². The molecular formula is C15H18N6O2S2. The van der Waals surface area contributed by atoms with Crippen LogP contribution < -0.4 is 10.9 Å². The predicted octanol–water partition coefficient (Wildman–Crippen LogP) is 2.35. The van der Waals surface area contributed by atoms with Crippen LogP contribution in [0.25, 0.3) is 10.2 Å². The molecular weight excluding hydrogens is 360 g/mol. The third kappa shape index (κ3) is 4.26. The number of aromatic nitrogens is 5. The Kier molecular flexibility index (Phi) is 5.49. The molecule has 132 valence electrons. The fourth-order valence-corrected chi connectivity index (χ4v) is 3.79. The zero-order chi connectivity index (χ0) is 17.8. The molecule has 0 aromatic carbocycles. The molecule has 0 aliphatic carbocycles. The molecule has 8 nitrogen and oxygen atoms in total. The van der Waals surface area contributed by atoms with Crippen LogP contribution in [0.3, 0.4) is 0 Å². The van der Waals surface area contributed by atoms with Gasteiger partial charge in [0.2, 0.25) is 11.9 Å². The van der Waals surface area contributed by atoms with Gasteiger partial charge in [-0.25, -0.2) is 10.1 Å². The van der Waals surface area contributed by atoms with Crippen molar-refractivity contribution in [2.24, 2.45) is 5.92 Å². The number of carbonyl (C=O) groups excluding carboxylic acids is 1. The van der Waals surface area contributed by atoms with E-state index in [9.17, 15) is 9.59 Å². The summed E-state index contributed by atoms with van der Waals surface area (Å²) in [6, 6.07) is 1.83. The van der Waals surface area contributed by atoms with E-state index in [-0.39, 0.29) is 17.2 Å². The smallest absolute Gasteiger partial charge is 0.272 e. The molecule has 0 atom stereocenters. The number of H-pyrrole nitrogens is 1. The van der Waals surface area contributed by atoms with Crippen molar-refractivity contribution in [1.29, 1.82) is 0 Å². The summed E-state index contributed by atoms with van der Waals surface area (Å²) >= 11 is 2.64. The van der Waals surface area contributed by atoms with Crippen LogP contribution in [0.4, 0.5) is 5.95 Å². The highest BCUT2D eigenvalue weighted by molar-refractivity contribution is 7.99. The molecule has 2 N–H and O–H groups in total. The number of amides is 1. The summed E-state index contributed by atoms with van der Waals surface area (Å²) in [6.45, 7) is 4.81. The fourth-order valence-electron chi connectivity index (χ4n) is 2.18. The molecule has 1 amide bonds. The summed E-state index contributed by atoms with van der Waals surface area (Å²) in [5.41, 5.74) is 0.632. The molecule has 0 fully saturated rings. The molecule has 0 saturated heterocycles. The summed E-state index contributed by atoms with van der Waals surface area (Å²) in [5.74, 6) is 0.657. The van der Waals surface area contributed by atoms with Crippen molar-refractivity contribution >= 4 is 45.2 Å². The molecule has 0 aliphatic rings. The van der Waals surface area contributed by atoms with E-state index in [0.29, 0.717) is 33.8 Å². The Morgan fingerprint density at radius 3 is 3.04 bits per heavy atom. The van der Waals surface area contributed by atoms with Crippen molar-refractivity contribution in [3.8, 4) is 0 Å². The second kappa shape index (κ2) is 7.79. The van der Waals surface area contributed by atoms with Gasteiger partial charge in [0.05, 0.1) is 11.3 Å². The minimum Gasteiger partial charge on any atom is -0.294 e. The predicted molar refractivity (Wildman–Crippen MR) is 99.1 cm³/mol. The average Bonchev–Trinajstić information content (AvgIpc) is 3.23. The Morgan fingerprint density at radius 2 is 2.32 bits per heavy atom. The van der Waals surface area contributed by atoms with Gasteiger partial charge in [-0.3, -0.25) is 19.5 Å². The number of fused-ring (bicyclic) bond motifs is 1. The molecule has 3 aromatic rings. The van der Waals surface area contributed by atoms with Gasteiger partial charge in [0.25, 0.3) is 5.56 Å². The SMILES string of the molecule is CC(C)CCn1c(SCC(=O)Nc2ncn[nH]2)nc2ccsc2c1=O. The molecule has 3 aromatic heterocycles. The Morgan fingerprint density at radius 1 is 1.48 bits per heavy atom. The van der Waals surface area contributed by atoms with E-state index in [4.69, 9.17) is 0 Å². The second-order valence-corrected chi connectivity index (χ2v) is 7.70. The second-order valence-electron chi connectivity index (χ2n) is 5.84. The van der Waals surface area contributed by atoms with E-state index in [1.165, 1.54) is 29.4 Å². The fraction of sp³-hybridized carbons (Fsp3) is 0.400. The maximum Gasteiger partial charge on any atom is 0.272 e. The maximum absolute atomic E-state index is 12.7. The summed E-state index contributed by atoms with van der Waals surface area (Å²) in [4.78, 5) is 33.2. The van der Waals surface area contributed by atoms with Gasteiger partial charge in [0.1, 0.15) is 11.0 Å². The Bertz CT molecular complexity index is 916. The van der Waals surface area contributed by atoms with E-state index in [0.717, 1.165) is 6.42 Å². The number of thioether (sulfide) groups is 1. The number of anilines is 1. The highest BCUT2D eigenvalue weighted by Crippen LogP contribution is 2.21. The number of aromatic amines is 1. The van der Waals surface area contributed by atoms with Crippen LogP contribution in [0.5, 0.6) is 0 Å². The van der Waals surface area contributed by atoms with Gasteiger partial charge in [0.15, 0.2) is 5.16 Å². The van der Waals surface area contributed by atoms with E-state index >= 15 is 0 Å². The van der Waals surface area contributed by atoms with Crippen molar-refractivity contribution in [3.05, 3.63) is 28.1 Å². The largest absolute Gasteiger partial charge is 0.294 e. The van der Waals surface area contributed by atoms with Gasteiger partial charge in [-0.2, -0.15) is 10.1 Å². The average molecular weight is 378 g/mol. The van der Waals surface area contributed by atoms with Gasteiger partial charge in [-0.05, 0) is 23.8 Å². The first-order valence-electron chi connectivity index (χ1n) is 7.80. The summed E-state index contributed by atoms with van der Waals surface area (Å²) < 4.78 is 2.32.